The summed E-state index contributed by atoms with van der Waals surface area (Å²) >= 11 is 0. The van der Waals surface area contributed by atoms with Gasteiger partial charge in [-0.1, -0.05) is 6.07 Å². The monoisotopic (exact) mass is 280 g/mol. The number of nitrogens with zero attached hydrogens (tertiary/aromatic N) is 2. The summed E-state index contributed by atoms with van der Waals surface area (Å²) in [4.78, 5) is 12.9. The van der Waals surface area contributed by atoms with Crippen molar-refractivity contribution in [3.05, 3.63) is 33.9 Å². The van der Waals surface area contributed by atoms with E-state index in [1.165, 1.54) is 7.11 Å². The lowest BCUT2D eigenvalue weighted by Gasteiger charge is -2.35. The first-order valence-electron chi connectivity index (χ1n) is 6.68. The highest BCUT2D eigenvalue weighted by Crippen LogP contribution is 2.28. The van der Waals surface area contributed by atoms with Gasteiger partial charge in [0.2, 0.25) is 0 Å². The van der Waals surface area contributed by atoms with E-state index in [0.717, 1.165) is 18.7 Å². The SMILES string of the molecule is COc1ccc(CN2CC(C)OC(C)C2)cc1[N+](=O)[O-]. The molecule has 2 atom stereocenters. The molecule has 1 fully saturated rings. The molecular formula is C14H20N2O4. The number of nitro benzene ring substituents is 1. The quantitative estimate of drug-likeness (QED) is 0.625. The van der Waals surface area contributed by atoms with E-state index in [-0.39, 0.29) is 17.9 Å². The fourth-order valence-electron chi connectivity index (χ4n) is 2.65. The van der Waals surface area contributed by atoms with Gasteiger partial charge >= 0.3 is 5.69 Å². The smallest absolute Gasteiger partial charge is 0.311 e. The molecule has 0 spiro atoms. The van der Waals surface area contributed by atoms with Crippen molar-refractivity contribution in [1.29, 1.82) is 0 Å². The normalized spacial score (nSPS) is 23.6. The summed E-state index contributed by atoms with van der Waals surface area (Å²) in [7, 11) is 1.44. The Balaban J connectivity index is 2.13. The summed E-state index contributed by atoms with van der Waals surface area (Å²) in [6, 6.07) is 5.11. The van der Waals surface area contributed by atoms with Gasteiger partial charge in [0.15, 0.2) is 5.75 Å². The van der Waals surface area contributed by atoms with Crippen molar-refractivity contribution < 1.29 is 14.4 Å². The van der Waals surface area contributed by atoms with Gasteiger partial charge in [-0.3, -0.25) is 15.0 Å². The number of nitro groups is 1. The van der Waals surface area contributed by atoms with Crippen LogP contribution in [0.4, 0.5) is 5.69 Å². The van der Waals surface area contributed by atoms with Crippen molar-refractivity contribution >= 4 is 5.69 Å². The zero-order valence-electron chi connectivity index (χ0n) is 12.0. The minimum Gasteiger partial charge on any atom is -0.490 e. The lowest BCUT2D eigenvalue weighted by Crippen LogP contribution is -2.44. The van der Waals surface area contributed by atoms with Crippen LogP contribution in [0.1, 0.15) is 19.4 Å². The van der Waals surface area contributed by atoms with E-state index >= 15 is 0 Å². The van der Waals surface area contributed by atoms with Crippen LogP contribution in [0.3, 0.4) is 0 Å². The van der Waals surface area contributed by atoms with Crippen LogP contribution in [0, 0.1) is 10.1 Å². The maximum Gasteiger partial charge on any atom is 0.311 e. The Kier molecular flexibility index (Phi) is 4.57. The molecule has 0 aromatic heterocycles. The summed E-state index contributed by atoms with van der Waals surface area (Å²) in [5.74, 6) is 0.294. The second-order valence-corrected chi connectivity index (χ2v) is 5.21. The lowest BCUT2D eigenvalue weighted by molar-refractivity contribution is -0.385. The summed E-state index contributed by atoms with van der Waals surface area (Å²) < 4.78 is 10.7. The Labute approximate surface area is 118 Å². The molecule has 0 N–H and O–H groups in total. The number of ether oxygens (including phenoxy) is 2. The van der Waals surface area contributed by atoms with Gasteiger partial charge in [-0.2, -0.15) is 0 Å². The van der Waals surface area contributed by atoms with E-state index in [1.54, 1.807) is 12.1 Å². The maximum absolute atomic E-state index is 11.0. The highest BCUT2D eigenvalue weighted by Gasteiger charge is 2.23. The molecule has 0 radical (unpaired) electrons. The van der Waals surface area contributed by atoms with E-state index in [2.05, 4.69) is 4.90 Å². The zero-order chi connectivity index (χ0) is 14.7. The van der Waals surface area contributed by atoms with Gasteiger partial charge < -0.3 is 9.47 Å². The summed E-state index contributed by atoms with van der Waals surface area (Å²) in [5, 5.41) is 11.0. The number of methoxy groups -OCH3 is 1. The van der Waals surface area contributed by atoms with Gasteiger partial charge in [0.25, 0.3) is 0 Å². The highest BCUT2D eigenvalue weighted by atomic mass is 16.6. The molecule has 20 heavy (non-hydrogen) atoms. The topological polar surface area (TPSA) is 64.8 Å². The molecule has 1 aromatic rings. The maximum atomic E-state index is 11.0. The molecule has 6 nitrogen and oxygen atoms in total. The second-order valence-electron chi connectivity index (χ2n) is 5.21. The van der Waals surface area contributed by atoms with E-state index in [4.69, 9.17) is 9.47 Å². The summed E-state index contributed by atoms with van der Waals surface area (Å²) in [6.45, 7) is 6.44. The van der Waals surface area contributed by atoms with Crippen LogP contribution >= 0.6 is 0 Å². The molecule has 110 valence electrons. The summed E-state index contributed by atoms with van der Waals surface area (Å²) in [6.07, 6.45) is 0.374. The fraction of sp³-hybridized carbons (Fsp3) is 0.571. The Morgan fingerprint density at radius 3 is 2.60 bits per heavy atom. The fourth-order valence-corrected chi connectivity index (χ4v) is 2.65. The minimum absolute atomic E-state index is 0.0133. The van der Waals surface area contributed by atoms with Gasteiger partial charge in [-0.05, 0) is 25.5 Å². The predicted octanol–water partition coefficient (Wildman–Crippen LogP) is 2.21. The van der Waals surface area contributed by atoms with E-state index in [1.807, 2.05) is 19.9 Å². The van der Waals surface area contributed by atoms with Crippen LogP contribution in [-0.4, -0.2) is 42.2 Å². The Morgan fingerprint density at radius 1 is 1.40 bits per heavy atom. The highest BCUT2D eigenvalue weighted by molar-refractivity contribution is 5.48. The van der Waals surface area contributed by atoms with Gasteiger partial charge in [0.05, 0.1) is 24.2 Å². The molecular weight excluding hydrogens is 260 g/mol. The molecule has 0 amide bonds. The van der Waals surface area contributed by atoms with Crippen molar-refractivity contribution in [2.45, 2.75) is 32.6 Å². The van der Waals surface area contributed by atoms with Crippen LogP contribution in [0.25, 0.3) is 0 Å². The average Bonchev–Trinajstić information content (AvgIpc) is 2.37. The molecule has 2 rings (SSSR count). The van der Waals surface area contributed by atoms with Crippen LogP contribution in [-0.2, 0) is 11.3 Å². The van der Waals surface area contributed by atoms with Crippen molar-refractivity contribution in [3.63, 3.8) is 0 Å². The van der Waals surface area contributed by atoms with Crippen LogP contribution in [0.5, 0.6) is 5.75 Å². The third kappa shape index (κ3) is 3.46. The molecule has 6 heteroatoms. The average molecular weight is 280 g/mol. The predicted molar refractivity (Wildman–Crippen MR) is 74.9 cm³/mol. The number of hydrogen-bond acceptors (Lipinski definition) is 5. The second kappa shape index (κ2) is 6.19. The van der Waals surface area contributed by atoms with E-state index < -0.39 is 4.92 Å². The van der Waals surface area contributed by atoms with Gasteiger partial charge in [-0.25, -0.2) is 0 Å². The van der Waals surface area contributed by atoms with Crippen molar-refractivity contribution in [1.82, 2.24) is 4.90 Å². The number of morpholine rings is 1. The van der Waals surface area contributed by atoms with Gasteiger partial charge in [0.1, 0.15) is 0 Å². The third-order valence-electron chi connectivity index (χ3n) is 3.34. The minimum atomic E-state index is -0.410. The Hall–Kier alpha value is -1.66. The molecule has 1 heterocycles. The standard InChI is InChI=1S/C14H20N2O4/c1-10-7-15(8-11(2)20-10)9-12-4-5-14(19-3)13(6-12)16(17)18/h4-6,10-11H,7-9H2,1-3H3. The molecule has 1 aliphatic rings. The van der Waals surface area contributed by atoms with Crippen molar-refractivity contribution in [2.75, 3.05) is 20.2 Å². The van der Waals surface area contributed by atoms with Crippen molar-refractivity contribution in [2.24, 2.45) is 0 Å². The number of benzene rings is 1. The first-order valence-corrected chi connectivity index (χ1v) is 6.68. The van der Waals surface area contributed by atoms with E-state index in [9.17, 15) is 10.1 Å². The molecule has 0 aliphatic carbocycles. The first kappa shape index (κ1) is 14.7. The molecule has 1 aromatic carbocycles. The van der Waals surface area contributed by atoms with E-state index in [0.29, 0.717) is 12.3 Å². The first-order chi connectivity index (χ1) is 9.49. The number of rotatable bonds is 4. The third-order valence-corrected chi connectivity index (χ3v) is 3.34. The molecule has 2 unspecified atom stereocenters. The van der Waals surface area contributed by atoms with Crippen LogP contribution in [0.15, 0.2) is 18.2 Å². The van der Waals surface area contributed by atoms with Crippen molar-refractivity contribution in [3.8, 4) is 5.75 Å². The molecule has 0 bridgehead atoms. The lowest BCUT2D eigenvalue weighted by atomic mass is 10.1. The molecule has 0 saturated carbocycles. The Bertz CT molecular complexity index is 482. The van der Waals surface area contributed by atoms with Crippen LogP contribution in [0.2, 0.25) is 0 Å². The van der Waals surface area contributed by atoms with Gasteiger partial charge in [-0.15, -0.1) is 0 Å². The number of hydrogen-bond donors (Lipinski definition) is 0. The molecule has 1 saturated heterocycles. The zero-order valence-corrected chi connectivity index (χ0v) is 12.0. The molecule has 1 aliphatic heterocycles. The Morgan fingerprint density at radius 2 is 2.05 bits per heavy atom. The largest absolute Gasteiger partial charge is 0.490 e. The van der Waals surface area contributed by atoms with Gasteiger partial charge in [0, 0.05) is 25.7 Å². The summed E-state index contributed by atoms with van der Waals surface area (Å²) in [5.41, 5.74) is 0.929. The van der Waals surface area contributed by atoms with Crippen LogP contribution < -0.4 is 4.74 Å².